The highest BCUT2D eigenvalue weighted by Gasteiger charge is 2.22. The van der Waals surface area contributed by atoms with Crippen molar-refractivity contribution in [3.05, 3.63) is 24.3 Å². The third-order valence-electron chi connectivity index (χ3n) is 1.89. The first-order valence-corrected chi connectivity index (χ1v) is 3.89. The molecule has 2 atom stereocenters. The van der Waals surface area contributed by atoms with E-state index in [0.717, 1.165) is 12.1 Å². The maximum Gasteiger partial charge on any atom is 0.115 e. The van der Waals surface area contributed by atoms with Crippen molar-refractivity contribution in [1.29, 1.82) is 0 Å². The molecular formula is C7H11N5. The van der Waals surface area contributed by atoms with Crippen LogP contribution in [0.2, 0.25) is 0 Å². The molecule has 1 aromatic heterocycles. The second-order valence-corrected chi connectivity index (χ2v) is 2.82. The summed E-state index contributed by atoms with van der Waals surface area (Å²) in [6.07, 6.45) is 4.15. The highest BCUT2D eigenvalue weighted by molar-refractivity contribution is 5.06. The summed E-state index contributed by atoms with van der Waals surface area (Å²) >= 11 is 0. The number of aromatic nitrogens is 2. The van der Waals surface area contributed by atoms with Crippen molar-refractivity contribution in [1.82, 2.24) is 20.8 Å². The van der Waals surface area contributed by atoms with Crippen molar-refractivity contribution in [2.75, 3.05) is 0 Å². The van der Waals surface area contributed by atoms with E-state index in [-0.39, 0.29) is 12.2 Å². The van der Waals surface area contributed by atoms with Crippen molar-refractivity contribution in [3.63, 3.8) is 0 Å². The molecule has 1 aliphatic heterocycles. The van der Waals surface area contributed by atoms with Crippen LogP contribution >= 0.6 is 0 Å². The van der Waals surface area contributed by atoms with Gasteiger partial charge < -0.3 is 5.73 Å². The van der Waals surface area contributed by atoms with Gasteiger partial charge >= 0.3 is 0 Å². The molecule has 5 heteroatoms. The predicted octanol–water partition coefficient (Wildman–Crippen LogP) is -0.700. The predicted molar refractivity (Wildman–Crippen MR) is 43.6 cm³/mol. The van der Waals surface area contributed by atoms with Gasteiger partial charge in [0.2, 0.25) is 0 Å². The zero-order valence-corrected chi connectivity index (χ0v) is 6.57. The van der Waals surface area contributed by atoms with Crippen molar-refractivity contribution in [3.8, 4) is 0 Å². The Balaban J connectivity index is 2.11. The molecular weight excluding hydrogens is 154 g/mol. The van der Waals surface area contributed by atoms with E-state index in [1.807, 2.05) is 6.07 Å². The molecule has 12 heavy (non-hydrogen) atoms. The molecule has 2 unspecified atom stereocenters. The second-order valence-electron chi connectivity index (χ2n) is 2.82. The van der Waals surface area contributed by atoms with Crippen LogP contribution in [0.25, 0.3) is 0 Å². The van der Waals surface area contributed by atoms with Gasteiger partial charge in [0.05, 0.1) is 17.9 Å². The summed E-state index contributed by atoms with van der Waals surface area (Å²) < 4.78 is 0. The Bertz CT molecular complexity index is 249. The molecule has 1 aromatic rings. The molecule has 4 N–H and O–H groups in total. The van der Waals surface area contributed by atoms with Crippen LogP contribution in [-0.4, -0.2) is 16.1 Å². The Hall–Kier alpha value is -1.04. The molecule has 0 spiro atoms. The second kappa shape index (κ2) is 3.14. The van der Waals surface area contributed by atoms with Gasteiger partial charge in [-0.25, -0.2) is 20.8 Å². The van der Waals surface area contributed by atoms with E-state index in [2.05, 4.69) is 20.8 Å². The first kappa shape index (κ1) is 7.60. The third-order valence-corrected chi connectivity index (χ3v) is 1.89. The van der Waals surface area contributed by atoms with Gasteiger partial charge in [-0.15, -0.1) is 0 Å². The summed E-state index contributed by atoms with van der Waals surface area (Å²) in [6, 6.07) is 2.10. The molecule has 5 nitrogen and oxygen atoms in total. The summed E-state index contributed by atoms with van der Waals surface area (Å²) in [6.45, 7) is 0. The minimum Gasteiger partial charge on any atom is -0.315 e. The van der Waals surface area contributed by atoms with Crippen molar-refractivity contribution < 1.29 is 0 Å². The van der Waals surface area contributed by atoms with Crippen LogP contribution in [0.5, 0.6) is 0 Å². The van der Waals surface area contributed by atoms with Crippen LogP contribution in [-0.2, 0) is 0 Å². The van der Waals surface area contributed by atoms with Crippen LogP contribution in [0.4, 0.5) is 0 Å². The maximum atomic E-state index is 5.65. The molecule has 2 rings (SSSR count). The largest absolute Gasteiger partial charge is 0.315 e. The molecule has 0 saturated carbocycles. The normalized spacial score (nSPS) is 29.1. The first-order valence-electron chi connectivity index (χ1n) is 3.89. The van der Waals surface area contributed by atoms with Crippen LogP contribution in [0.15, 0.2) is 18.6 Å². The van der Waals surface area contributed by atoms with Gasteiger partial charge in [0.25, 0.3) is 0 Å². The van der Waals surface area contributed by atoms with Crippen molar-refractivity contribution >= 4 is 0 Å². The average molecular weight is 165 g/mol. The molecule has 64 valence electrons. The zero-order valence-electron chi connectivity index (χ0n) is 6.57. The quantitative estimate of drug-likeness (QED) is 0.513. The van der Waals surface area contributed by atoms with Gasteiger partial charge in [-0.1, -0.05) is 0 Å². The summed E-state index contributed by atoms with van der Waals surface area (Å²) in [5, 5.41) is 0. The van der Waals surface area contributed by atoms with E-state index in [1.165, 1.54) is 0 Å². The lowest BCUT2D eigenvalue weighted by Gasteiger charge is -2.06. The van der Waals surface area contributed by atoms with E-state index in [0.29, 0.717) is 0 Å². The molecule has 0 radical (unpaired) electrons. The van der Waals surface area contributed by atoms with E-state index in [4.69, 9.17) is 5.73 Å². The molecule has 0 aromatic carbocycles. The number of nitrogens with zero attached hydrogens (tertiary/aromatic N) is 2. The Morgan fingerprint density at radius 3 is 3.00 bits per heavy atom. The molecule has 1 aliphatic rings. The standard InChI is InChI=1S/C7H11N5/c8-7-3-6(11-12-7)5-1-2-9-4-10-5/h1-2,4,6-7,11-12H,3,8H2. The fourth-order valence-corrected chi connectivity index (χ4v) is 1.28. The van der Waals surface area contributed by atoms with Gasteiger partial charge in [0.1, 0.15) is 6.33 Å². The van der Waals surface area contributed by atoms with Crippen LogP contribution in [0.3, 0.4) is 0 Å². The Morgan fingerprint density at radius 2 is 2.42 bits per heavy atom. The average Bonchev–Trinajstić information content (AvgIpc) is 2.54. The van der Waals surface area contributed by atoms with Crippen molar-refractivity contribution in [2.45, 2.75) is 18.6 Å². The summed E-state index contributed by atoms with van der Waals surface area (Å²) in [5.41, 5.74) is 12.6. The fourth-order valence-electron chi connectivity index (χ4n) is 1.28. The van der Waals surface area contributed by atoms with E-state index in [1.54, 1.807) is 12.5 Å². The van der Waals surface area contributed by atoms with Gasteiger partial charge in [-0.3, -0.25) is 0 Å². The zero-order chi connectivity index (χ0) is 8.39. The number of hydrazine groups is 1. The van der Waals surface area contributed by atoms with Gasteiger partial charge in [0.15, 0.2) is 0 Å². The minimum atomic E-state index is 0.0185. The maximum absolute atomic E-state index is 5.65. The molecule has 1 fully saturated rings. The van der Waals surface area contributed by atoms with Gasteiger partial charge in [0, 0.05) is 6.20 Å². The smallest absolute Gasteiger partial charge is 0.115 e. The van der Waals surface area contributed by atoms with E-state index >= 15 is 0 Å². The minimum absolute atomic E-state index is 0.0185. The monoisotopic (exact) mass is 165 g/mol. The molecule has 1 saturated heterocycles. The van der Waals surface area contributed by atoms with Crippen LogP contribution in [0.1, 0.15) is 18.2 Å². The third kappa shape index (κ3) is 1.42. The molecule has 0 bridgehead atoms. The molecule has 0 aliphatic carbocycles. The number of rotatable bonds is 1. The number of nitrogens with one attached hydrogen (secondary N) is 2. The summed E-state index contributed by atoms with van der Waals surface area (Å²) in [4.78, 5) is 7.97. The SMILES string of the molecule is NC1CC(c2ccncn2)NN1. The lowest BCUT2D eigenvalue weighted by atomic mass is 10.1. The number of hydrogen-bond acceptors (Lipinski definition) is 5. The van der Waals surface area contributed by atoms with Crippen LogP contribution in [0, 0.1) is 0 Å². The van der Waals surface area contributed by atoms with Crippen LogP contribution < -0.4 is 16.6 Å². The van der Waals surface area contributed by atoms with Crippen molar-refractivity contribution in [2.24, 2.45) is 5.73 Å². The molecule has 2 heterocycles. The Labute approximate surface area is 70.4 Å². The summed E-state index contributed by atoms with van der Waals surface area (Å²) in [7, 11) is 0. The lowest BCUT2D eigenvalue weighted by molar-refractivity contribution is 0.546. The summed E-state index contributed by atoms with van der Waals surface area (Å²) in [5.74, 6) is 0. The highest BCUT2D eigenvalue weighted by Crippen LogP contribution is 2.16. The van der Waals surface area contributed by atoms with E-state index in [9.17, 15) is 0 Å². The van der Waals surface area contributed by atoms with Gasteiger partial charge in [-0.05, 0) is 12.5 Å². The number of nitrogens with two attached hydrogens (primary N) is 1. The van der Waals surface area contributed by atoms with E-state index < -0.39 is 0 Å². The lowest BCUT2D eigenvalue weighted by Crippen LogP contribution is -2.36. The van der Waals surface area contributed by atoms with Gasteiger partial charge in [-0.2, -0.15) is 0 Å². The topological polar surface area (TPSA) is 75.9 Å². The Morgan fingerprint density at radius 1 is 1.50 bits per heavy atom. The Kier molecular flexibility index (Phi) is 1.99. The highest BCUT2D eigenvalue weighted by atomic mass is 15.4. The fraction of sp³-hybridized carbons (Fsp3) is 0.429. The first-order chi connectivity index (χ1) is 5.86. The molecule has 0 amide bonds. The number of hydrogen-bond donors (Lipinski definition) is 3.